The van der Waals surface area contributed by atoms with Crippen molar-refractivity contribution in [2.75, 3.05) is 26.3 Å². The fourth-order valence-corrected chi connectivity index (χ4v) is 2.13. The van der Waals surface area contributed by atoms with Crippen LogP contribution in [0.2, 0.25) is 0 Å². The van der Waals surface area contributed by atoms with Gasteiger partial charge in [0.1, 0.15) is 0 Å². The second-order valence-electron chi connectivity index (χ2n) is 5.18. The van der Waals surface area contributed by atoms with Crippen molar-refractivity contribution in [2.45, 2.75) is 65.2 Å². The number of hydrogen-bond donors (Lipinski definition) is 1. The zero-order valence-electron chi connectivity index (χ0n) is 13.6. The Morgan fingerprint density at radius 2 is 1.62 bits per heavy atom. The molecule has 0 aliphatic heterocycles. The summed E-state index contributed by atoms with van der Waals surface area (Å²) in [6.07, 6.45) is 6.64. The number of ether oxygens (including phenoxy) is 1. The van der Waals surface area contributed by atoms with Gasteiger partial charge in [-0.15, -0.1) is 0 Å². The van der Waals surface area contributed by atoms with Gasteiger partial charge in [-0.25, -0.2) is 0 Å². The molecule has 0 aromatic heterocycles. The van der Waals surface area contributed by atoms with Crippen LogP contribution >= 0.6 is 0 Å². The topological polar surface area (TPSA) is 66.8 Å². The largest absolute Gasteiger partial charge is 0.466 e. The summed E-state index contributed by atoms with van der Waals surface area (Å²) in [5, 5.41) is 8.91. The molecule has 1 N–H and O–H groups in total. The molecule has 0 spiro atoms. The Morgan fingerprint density at radius 3 is 2.24 bits per heavy atom. The van der Waals surface area contributed by atoms with Crippen molar-refractivity contribution in [1.82, 2.24) is 4.90 Å². The molecule has 0 unspecified atom stereocenters. The van der Waals surface area contributed by atoms with Crippen molar-refractivity contribution in [3.8, 4) is 0 Å². The number of aliphatic hydroxyl groups is 1. The van der Waals surface area contributed by atoms with Crippen LogP contribution in [0.5, 0.6) is 0 Å². The molecule has 0 aliphatic rings. The van der Waals surface area contributed by atoms with Gasteiger partial charge < -0.3 is 14.7 Å². The summed E-state index contributed by atoms with van der Waals surface area (Å²) in [5.74, 6) is -0.345. The van der Waals surface area contributed by atoms with Gasteiger partial charge >= 0.3 is 5.97 Å². The fraction of sp³-hybridized carbons (Fsp3) is 0.875. The monoisotopic (exact) mass is 301 g/mol. The number of nitrogens with zero attached hydrogens (tertiary/aromatic N) is 1. The van der Waals surface area contributed by atoms with Crippen molar-refractivity contribution in [1.29, 1.82) is 0 Å². The van der Waals surface area contributed by atoms with Crippen LogP contribution in [0.1, 0.15) is 65.2 Å². The minimum atomic E-state index is -0.323. The first-order valence-electron chi connectivity index (χ1n) is 8.19. The molecule has 0 saturated carbocycles. The summed E-state index contributed by atoms with van der Waals surface area (Å²) >= 11 is 0. The molecule has 0 aromatic rings. The second-order valence-corrected chi connectivity index (χ2v) is 5.18. The van der Waals surface area contributed by atoms with Crippen molar-refractivity contribution in [3.05, 3.63) is 0 Å². The molecule has 21 heavy (non-hydrogen) atoms. The maximum absolute atomic E-state index is 12.1. The molecular weight excluding hydrogens is 270 g/mol. The van der Waals surface area contributed by atoms with Crippen LogP contribution in [-0.2, 0) is 14.3 Å². The minimum absolute atomic E-state index is 0.0213. The first kappa shape index (κ1) is 19.9. The normalized spacial score (nSPS) is 10.4. The number of esters is 1. The Morgan fingerprint density at radius 1 is 0.952 bits per heavy atom. The predicted molar refractivity (Wildman–Crippen MR) is 82.9 cm³/mol. The van der Waals surface area contributed by atoms with Crippen LogP contribution in [0.4, 0.5) is 0 Å². The summed E-state index contributed by atoms with van der Waals surface area (Å²) in [7, 11) is 0. The average Bonchev–Trinajstić information content (AvgIpc) is 2.48. The van der Waals surface area contributed by atoms with Crippen molar-refractivity contribution in [3.63, 3.8) is 0 Å². The number of aliphatic hydroxyl groups excluding tert-OH is 1. The fourth-order valence-electron chi connectivity index (χ4n) is 2.13. The lowest BCUT2D eigenvalue weighted by Crippen LogP contribution is -2.33. The third-order valence-electron chi connectivity index (χ3n) is 3.32. The van der Waals surface area contributed by atoms with Gasteiger partial charge in [0.15, 0.2) is 0 Å². The van der Waals surface area contributed by atoms with Crippen LogP contribution in [0.15, 0.2) is 0 Å². The van der Waals surface area contributed by atoms with E-state index in [9.17, 15) is 9.59 Å². The molecule has 0 aromatic carbocycles. The SMILES string of the molecule is CCCCCCCN(CCCO)C(=O)CCC(=O)OCC. The number of unbranched alkanes of at least 4 members (excludes halogenated alkanes) is 4. The van der Waals surface area contributed by atoms with E-state index in [0.717, 1.165) is 12.8 Å². The van der Waals surface area contributed by atoms with Gasteiger partial charge in [-0.2, -0.15) is 0 Å². The van der Waals surface area contributed by atoms with E-state index in [0.29, 0.717) is 26.1 Å². The van der Waals surface area contributed by atoms with E-state index in [-0.39, 0.29) is 31.3 Å². The van der Waals surface area contributed by atoms with Gasteiger partial charge in [0.25, 0.3) is 0 Å². The molecule has 0 heterocycles. The van der Waals surface area contributed by atoms with Crippen LogP contribution in [0, 0.1) is 0 Å². The van der Waals surface area contributed by atoms with E-state index >= 15 is 0 Å². The van der Waals surface area contributed by atoms with E-state index in [2.05, 4.69) is 6.92 Å². The molecular formula is C16H31NO4. The second kappa shape index (κ2) is 13.9. The number of rotatable bonds is 13. The maximum Gasteiger partial charge on any atom is 0.306 e. The van der Waals surface area contributed by atoms with Crippen LogP contribution < -0.4 is 0 Å². The standard InChI is InChI=1S/C16H31NO4/c1-3-5-6-7-8-12-17(13-9-14-18)15(19)10-11-16(20)21-4-2/h18H,3-14H2,1-2H3. The molecule has 0 saturated heterocycles. The number of carbonyl (C=O) groups is 2. The Hall–Kier alpha value is -1.10. The summed E-state index contributed by atoms with van der Waals surface area (Å²) in [6, 6.07) is 0. The van der Waals surface area contributed by atoms with Gasteiger partial charge in [-0.1, -0.05) is 32.6 Å². The molecule has 0 rings (SSSR count). The van der Waals surface area contributed by atoms with Crippen molar-refractivity contribution in [2.24, 2.45) is 0 Å². The minimum Gasteiger partial charge on any atom is -0.466 e. The Bertz CT molecular complexity index is 281. The summed E-state index contributed by atoms with van der Waals surface area (Å²) < 4.78 is 4.83. The highest BCUT2D eigenvalue weighted by Gasteiger charge is 2.14. The van der Waals surface area contributed by atoms with Crippen LogP contribution in [0.3, 0.4) is 0 Å². The van der Waals surface area contributed by atoms with Crippen molar-refractivity contribution >= 4 is 11.9 Å². The van der Waals surface area contributed by atoms with Crippen LogP contribution in [-0.4, -0.2) is 48.2 Å². The zero-order chi connectivity index (χ0) is 15.9. The molecule has 0 bridgehead atoms. The molecule has 0 atom stereocenters. The van der Waals surface area contributed by atoms with E-state index in [1.54, 1.807) is 11.8 Å². The molecule has 5 heteroatoms. The predicted octanol–water partition coefficient (Wildman–Crippen LogP) is 2.51. The van der Waals surface area contributed by atoms with E-state index in [4.69, 9.17) is 9.84 Å². The lowest BCUT2D eigenvalue weighted by atomic mass is 10.1. The third kappa shape index (κ3) is 11.3. The van der Waals surface area contributed by atoms with E-state index in [1.165, 1.54) is 19.3 Å². The van der Waals surface area contributed by atoms with Gasteiger partial charge in [0, 0.05) is 26.1 Å². The highest BCUT2D eigenvalue weighted by atomic mass is 16.5. The highest BCUT2D eigenvalue weighted by Crippen LogP contribution is 2.07. The Kier molecular flexibility index (Phi) is 13.1. The Labute approximate surface area is 128 Å². The number of carbonyl (C=O) groups excluding carboxylic acids is 2. The van der Waals surface area contributed by atoms with Crippen molar-refractivity contribution < 1.29 is 19.4 Å². The number of hydrogen-bond acceptors (Lipinski definition) is 4. The lowest BCUT2D eigenvalue weighted by molar-refractivity contribution is -0.145. The lowest BCUT2D eigenvalue weighted by Gasteiger charge is -2.22. The Balaban J connectivity index is 4.06. The molecule has 0 radical (unpaired) electrons. The van der Waals surface area contributed by atoms with Gasteiger partial charge in [0.05, 0.1) is 13.0 Å². The molecule has 0 aliphatic carbocycles. The molecule has 5 nitrogen and oxygen atoms in total. The summed E-state index contributed by atoms with van der Waals surface area (Å²) in [4.78, 5) is 25.2. The highest BCUT2D eigenvalue weighted by molar-refractivity contribution is 5.81. The van der Waals surface area contributed by atoms with Crippen LogP contribution in [0.25, 0.3) is 0 Å². The first-order valence-corrected chi connectivity index (χ1v) is 8.19. The summed E-state index contributed by atoms with van der Waals surface area (Å²) in [6.45, 7) is 5.63. The molecule has 124 valence electrons. The third-order valence-corrected chi connectivity index (χ3v) is 3.32. The van der Waals surface area contributed by atoms with Gasteiger partial charge in [-0.3, -0.25) is 9.59 Å². The smallest absolute Gasteiger partial charge is 0.306 e. The summed E-state index contributed by atoms with van der Waals surface area (Å²) in [5.41, 5.74) is 0. The van der Waals surface area contributed by atoms with E-state index in [1.807, 2.05) is 0 Å². The van der Waals surface area contributed by atoms with E-state index < -0.39 is 0 Å². The van der Waals surface area contributed by atoms with Gasteiger partial charge in [0.2, 0.25) is 5.91 Å². The molecule has 0 fully saturated rings. The molecule has 1 amide bonds. The number of amides is 1. The zero-order valence-corrected chi connectivity index (χ0v) is 13.6. The average molecular weight is 301 g/mol. The van der Waals surface area contributed by atoms with Gasteiger partial charge in [-0.05, 0) is 19.8 Å². The first-order chi connectivity index (χ1) is 10.2. The quantitative estimate of drug-likeness (QED) is 0.419. The maximum atomic E-state index is 12.1.